The highest BCUT2D eigenvalue weighted by molar-refractivity contribution is 7.90. The van der Waals surface area contributed by atoms with E-state index >= 15 is 0 Å². The standard InChI is InChI=1S/C13H15N3O2S/c1-9-3-8-12(14)13(15-9)16-10-4-6-11(7-5-10)19(2,17)18/h3-8H,14H2,1-2H3,(H,15,16). The maximum Gasteiger partial charge on any atom is 0.175 e. The Hall–Kier alpha value is -2.08. The molecule has 19 heavy (non-hydrogen) atoms. The number of hydrogen-bond donors (Lipinski definition) is 2. The Bertz CT molecular complexity index is 694. The lowest BCUT2D eigenvalue weighted by molar-refractivity contribution is 0.602. The minimum Gasteiger partial charge on any atom is -0.396 e. The van der Waals surface area contributed by atoms with Gasteiger partial charge in [0.2, 0.25) is 0 Å². The number of nitrogens with one attached hydrogen (secondary N) is 1. The number of benzene rings is 1. The summed E-state index contributed by atoms with van der Waals surface area (Å²) in [6.07, 6.45) is 1.18. The molecule has 1 aromatic heterocycles. The van der Waals surface area contributed by atoms with Crippen molar-refractivity contribution in [2.24, 2.45) is 0 Å². The van der Waals surface area contributed by atoms with Gasteiger partial charge in [-0.15, -0.1) is 0 Å². The fraction of sp³-hybridized carbons (Fsp3) is 0.154. The first-order valence-corrected chi connectivity index (χ1v) is 7.56. The van der Waals surface area contributed by atoms with Gasteiger partial charge in [0.25, 0.3) is 0 Å². The van der Waals surface area contributed by atoms with E-state index in [1.165, 1.54) is 6.26 Å². The lowest BCUT2D eigenvalue weighted by Crippen LogP contribution is -2.01. The second-order valence-electron chi connectivity index (χ2n) is 4.31. The van der Waals surface area contributed by atoms with Gasteiger partial charge in [-0.25, -0.2) is 13.4 Å². The number of aromatic nitrogens is 1. The van der Waals surface area contributed by atoms with Crippen molar-refractivity contribution in [2.45, 2.75) is 11.8 Å². The maximum atomic E-state index is 11.3. The van der Waals surface area contributed by atoms with Crippen molar-refractivity contribution >= 4 is 27.0 Å². The van der Waals surface area contributed by atoms with Gasteiger partial charge in [-0.05, 0) is 43.3 Å². The summed E-state index contributed by atoms with van der Waals surface area (Å²) in [6.45, 7) is 1.87. The van der Waals surface area contributed by atoms with Gasteiger partial charge in [0.05, 0.1) is 10.6 Å². The molecule has 2 rings (SSSR count). The predicted octanol–water partition coefficient (Wildman–Crippen LogP) is 2.12. The van der Waals surface area contributed by atoms with Crippen LogP contribution in [0.4, 0.5) is 17.2 Å². The summed E-state index contributed by atoms with van der Waals surface area (Å²) in [7, 11) is -3.18. The molecule has 1 heterocycles. The van der Waals surface area contributed by atoms with Gasteiger partial charge in [0.15, 0.2) is 15.7 Å². The van der Waals surface area contributed by atoms with Crippen molar-refractivity contribution in [3.8, 4) is 0 Å². The molecule has 1 aromatic carbocycles. The van der Waals surface area contributed by atoms with Crippen LogP contribution in [0.15, 0.2) is 41.3 Å². The van der Waals surface area contributed by atoms with E-state index in [0.717, 1.165) is 11.4 Å². The Morgan fingerprint density at radius 2 is 1.74 bits per heavy atom. The number of nitrogens with zero attached hydrogens (tertiary/aromatic N) is 1. The molecule has 6 heteroatoms. The van der Waals surface area contributed by atoms with Gasteiger partial charge in [0, 0.05) is 17.6 Å². The van der Waals surface area contributed by atoms with Gasteiger partial charge < -0.3 is 11.1 Å². The Morgan fingerprint density at radius 1 is 1.11 bits per heavy atom. The molecule has 0 aliphatic rings. The lowest BCUT2D eigenvalue weighted by Gasteiger charge is -2.09. The number of sulfone groups is 1. The zero-order chi connectivity index (χ0) is 14.0. The van der Waals surface area contributed by atoms with E-state index in [1.807, 2.05) is 13.0 Å². The van der Waals surface area contributed by atoms with Crippen LogP contribution >= 0.6 is 0 Å². The molecule has 0 saturated carbocycles. The lowest BCUT2D eigenvalue weighted by atomic mass is 10.3. The van der Waals surface area contributed by atoms with Crippen molar-refractivity contribution in [3.63, 3.8) is 0 Å². The molecule has 2 aromatic rings. The van der Waals surface area contributed by atoms with Crippen molar-refractivity contribution in [3.05, 3.63) is 42.1 Å². The van der Waals surface area contributed by atoms with Crippen LogP contribution in [-0.2, 0) is 9.84 Å². The molecule has 0 fully saturated rings. The topological polar surface area (TPSA) is 85.1 Å². The van der Waals surface area contributed by atoms with E-state index in [-0.39, 0.29) is 4.90 Å². The largest absolute Gasteiger partial charge is 0.396 e. The third kappa shape index (κ3) is 3.23. The number of pyridine rings is 1. The first-order chi connectivity index (χ1) is 8.86. The normalized spacial score (nSPS) is 11.3. The summed E-state index contributed by atoms with van der Waals surface area (Å²) in [5, 5.41) is 3.06. The molecule has 0 aliphatic heterocycles. The Morgan fingerprint density at radius 3 is 2.32 bits per heavy atom. The van der Waals surface area contributed by atoms with E-state index in [4.69, 9.17) is 5.73 Å². The van der Waals surface area contributed by atoms with Gasteiger partial charge in [-0.3, -0.25) is 0 Å². The molecule has 0 atom stereocenters. The SMILES string of the molecule is Cc1ccc(N)c(Nc2ccc(S(C)(=O)=O)cc2)n1. The number of nitrogens with two attached hydrogens (primary N) is 1. The van der Waals surface area contributed by atoms with Crippen LogP contribution in [0.25, 0.3) is 0 Å². The average molecular weight is 277 g/mol. The number of rotatable bonds is 3. The Balaban J connectivity index is 2.27. The highest BCUT2D eigenvalue weighted by atomic mass is 32.2. The molecule has 0 bridgehead atoms. The monoisotopic (exact) mass is 277 g/mol. The Labute approximate surface area is 112 Å². The summed E-state index contributed by atoms with van der Waals surface area (Å²) < 4.78 is 22.7. The average Bonchev–Trinajstić information content (AvgIpc) is 2.33. The third-order valence-electron chi connectivity index (χ3n) is 2.61. The number of hydrogen-bond acceptors (Lipinski definition) is 5. The summed E-state index contributed by atoms with van der Waals surface area (Å²) >= 11 is 0. The second-order valence-corrected chi connectivity index (χ2v) is 6.33. The van der Waals surface area contributed by atoms with Crippen molar-refractivity contribution in [2.75, 3.05) is 17.3 Å². The van der Waals surface area contributed by atoms with E-state index < -0.39 is 9.84 Å². The number of anilines is 3. The molecule has 0 saturated heterocycles. The highest BCUT2D eigenvalue weighted by Gasteiger charge is 2.07. The van der Waals surface area contributed by atoms with E-state index in [9.17, 15) is 8.42 Å². The summed E-state index contributed by atoms with van der Waals surface area (Å²) in [4.78, 5) is 4.57. The van der Waals surface area contributed by atoms with Gasteiger partial charge in [-0.1, -0.05) is 0 Å². The van der Waals surface area contributed by atoms with Crippen LogP contribution in [-0.4, -0.2) is 19.7 Å². The highest BCUT2D eigenvalue weighted by Crippen LogP contribution is 2.22. The van der Waals surface area contributed by atoms with Crippen molar-refractivity contribution < 1.29 is 8.42 Å². The summed E-state index contributed by atoms with van der Waals surface area (Å²) in [5.41, 5.74) is 7.94. The third-order valence-corrected chi connectivity index (χ3v) is 3.74. The Kier molecular flexibility index (Phi) is 3.44. The van der Waals surface area contributed by atoms with Crippen LogP contribution in [0.1, 0.15) is 5.69 Å². The fourth-order valence-electron chi connectivity index (χ4n) is 1.59. The van der Waals surface area contributed by atoms with E-state index in [2.05, 4.69) is 10.3 Å². The van der Waals surface area contributed by atoms with E-state index in [0.29, 0.717) is 11.5 Å². The summed E-state index contributed by atoms with van der Waals surface area (Å²) in [6, 6.07) is 10.1. The van der Waals surface area contributed by atoms with E-state index in [1.54, 1.807) is 30.3 Å². The maximum absolute atomic E-state index is 11.3. The predicted molar refractivity (Wildman–Crippen MR) is 76.2 cm³/mol. The second kappa shape index (κ2) is 4.89. The van der Waals surface area contributed by atoms with Crippen molar-refractivity contribution in [1.82, 2.24) is 4.98 Å². The van der Waals surface area contributed by atoms with Crippen LogP contribution in [0, 0.1) is 6.92 Å². The molecule has 0 unspecified atom stereocenters. The zero-order valence-corrected chi connectivity index (χ0v) is 11.5. The molecule has 5 nitrogen and oxygen atoms in total. The van der Waals surface area contributed by atoms with Gasteiger partial charge >= 0.3 is 0 Å². The molecule has 0 spiro atoms. The number of aryl methyl sites for hydroxylation is 1. The number of nitrogen functional groups attached to an aromatic ring is 1. The van der Waals surface area contributed by atoms with Gasteiger partial charge in [-0.2, -0.15) is 0 Å². The molecular weight excluding hydrogens is 262 g/mol. The van der Waals surface area contributed by atoms with Crippen LogP contribution in [0.2, 0.25) is 0 Å². The van der Waals surface area contributed by atoms with Gasteiger partial charge in [0.1, 0.15) is 0 Å². The molecule has 0 radical (unpaired) electrons. The minimum atomic E-state index is -3.18. The molecule has 0 aliphatic carbocycles. The van der Waals surface area contributed by atoms with Crippen LogP contribution in [0.5, 0.6) is 0 Å². The van der Waals surface area contributed by atoms with Crippen molar-refractivity contribution in [1.29, 1.82) is 0 Å². The first-order valence-electron chi connectivity index (χ1n) is 5.66. The summed E-state index contributed by atoms with van der Waals surface area (Å²) in [5.74, 6) is 0.562. The minimum absolute atomic E-state index is 0.281. The smallest absolute Gasteiger partial charge is 0.175 e. The quantitative estimate of drug-likeness (QED) is 0.897. The zero-order valence-electron chi connectivity index (χ0n) is 10.7. The molecule has 0 amide bonds. The van der Waals surface area contributed by atoms with Crippen LogP contribution < -0.4 is 11.1 Å². The molecular formula is C13H15N3O2S. The fourth-order valence-corrected chi connectivity index (χ4v) is 2.22. The first kappa shape index (κ1) is 13.4. The molecule has 100 valence electrons. The molecule has 3 N–H and O–H groups in total. The van der Waals surface area contributed by atoms with Crippen LogP contribution in [0.3, 0.4) is 0 Å².